The van der Waals surface area contributed by atoms with Crippen LogP contribution in [0.15, 0.2) is 0 Å². The third-order valence-corrected chi connectivity index (χ3v) is 20.0. The highest BCUT2D eigenvalue weighted by atomic mass is 31.2. The Labute approximate surface area is 617 Å². The van der Waals surface area contributed by atoms with Crippen molar-refractivity contribution in [3.05, 3.63) is 0 Å². The summed E-state index contributed by atoms with van der Waals surface area (Å²) < 4.78 is 54.8. The second kappa shape index (κ2) is 65.6. The van der Waals surface area contributed by atoms with Crippen molar-refractivity contribution in [1.82, 2.24) is 10.6 Å². The highest BCUT2D eigenvalue weighted by Crippen LogP contribution is 2.42. The first-order valence-corrected chi connectivity index (χ1v) is 43.1. The van der Waals surface area contributed by atoms with Gasteiger partial charge in [0.1, 0.15) is 36.6 Å². The van der Waals surface area contributed by atoms with E-state index in [1.807, 2.05) is 0 Å². The summed E-state index contributed by atoms with van der Waals surface area (Å²) in [4.78, 5) is 118. The molecule has 1 heterocycles. The molecule has 22 heteroatoms. The van der Waals surface area contributed by atoms with E-state index in [1.165, 1.54) is 32.1 Å². The van der Waals surface area contributed by atoms with Gasteiger partial charge < -0.3 is 59.1 Å². The zero-order valence-corrected chi connectivity index (χ0v) is 66.0. The Kier molecular flexibility index (Phi) is 61.9. The van der Waals surface area contributed by atoms with E-state index in [0.29, 0.717) is 51.4 Å². The summed E-state index contributed by atoms with van der Waals surface area (Å²) in [5.41, 5.74) is 0. The van der Waals surface area contributed by atoms with E-state index in [0.717, 1.165) is 231 Å². The van der Waals surface area contributed by atoms with Crippen LogP contribution in [0.1, 0.15) is 401 Å². The molecule has 102 heavy (non-hydrogen) atoms. The lowest BCUT2D eigenvalue weighted by molar-refractivity contribution is -0.272. The van der Waals surface area contributed by atoms with Crippen molar-refractivity contribution in [3.63, 3.8) is 0 Å². The molecule has 2 amide bonds. The molecule has 0 aliphatic carbocycles. The summed E-state index contributed by atoms with van der Waals surface area (Å²) in [5, 5.41) is 26.9. The summed E-state index contributed by atoms with van der Waals surface area (Å²) in [6.07, 6.45) is 36.8. The maximum Gasteiger partial charge on any atom is 0.470 e. The number of carbonyl (C=O) groups is 7. The predicted molar refractivity (Wildman–Crippen MR) is 402 cm³/mol. The largest absolute Gasteiger partial charge is 0.480 e. The Bertz CT molecular complexity index is 2150. The lowest BCUT2D eigenvalue weighted by Crippen LogP contribution is -2.66. The number of amides is 2. The van der Waals surface area contributed by atoms with E-state index in [1.54, 1.807) is 0 Å². The molecule has 1 saturated heterocycles. The molecule has 21 nitrogen and oxygen atoms in total. The number of esters is 4. The molecule has 0 aromatic rings. The number of aliphatic hydroxyl groups is 1. The van der Waals surface area contributed by atoms with Crippen LogP contribution >= 0.6 is 7.82 Å². The molecule has 0 saturated carbocycles. The number of carboxylic acid groups (broad SMARTS) is 1. The number of aliphatic hydroxyl groups excluding tert-OH is 1. The van der Waals surface area contributed by atoms with Gasteiger partial charge in [-0.25, -0.2) is 9.36 Å². The molecule has 598 valence electrons. The first-order chi connectivity index (χ1) is 49.3. The van der Waals surface area contributed by atoms with Gasteiger partial charge in [0.15, 0.2) is 18.4 Å². The summed E-state index contributed by atoms with van der Waals surface area (Å²) in [7, 11) is -5.56. The molecule has 0 aromatic carbocycles. The van der Waals surface area contributed by atoms with Gasteiger partial charge in [0.2, 0.25) is 11.8 Å². The van der Waals surface area contributed by atoms with Crippen molar-refractivity contribution >= 4 is 49.5 Å². The number of phosphoric ester groups is 1. The smallest absolute Gasteiger partial charge is 0.470 e. The van der Waals surface area contributed by atoms with Gasteiger partial charge in [0.25, 0.3) is 0 Å². The van der Waals surface area contributed by atoms with E-state index in [2.05, 4.69) is 52.2 Å². The number of carboxylic acids is 1. The third-order valence-electron chi connectivity index (χ3n) is 19.4. The van der Waals surface area contributed by atoms with E-state index in [9.17, 15) is 58.1 Å². The standard InChI is InChI=1S/C80H149N2O19P/c1-7-13-19-25-31-34-40-42-48-54-65(96-72(86)57-51-45-36-28-22-16-10-4)60-70(84)81-68(79(90)91)64-95-80-76(82-71(85)61-66(55-49-43-41-35-32-26-20-14-8-2)97-73(87)58-52-46-37-29-23-17-11-5)78(77(69(63-83)99-80)101-102(92,93)94)100-75(89)62-67(56-50-44-39-33-27-21-15-9-3)98-74(88)59-53-47-38-30-24-18-12-6/h65-69,76-78,80,83H,7-64H2,1-6H3,(H,81,84)(H,82,85)(H,90,91)(H2,92,93,94)/t65-,66-,67-,68+,69?,76?,77-,78?,80-/m1/s1. The molecule has 6 N–H and O–H groups in total. The summed E-state index contributed by atoms with van der Waals surface area (Å²) in [5.74, 6) is -5.54. The second-order valence-corrected chi connectivity index (χ2v) is 30.4. The van der Waals surface area contributed by atoms with Crippen molar-refractivity contribution in [1.29, 1.82) is 0 Å². The molecule has 1 rings (SSSR count). The van der Waals surface area contributed by atoms with Gasteiger partial charge in [-0.05, 0) is 57.8 Å². The molecular formula is C80H149N2O19P. The average Bonchev–Trinajstić information content (AvgIpc) is 0.781. The number of unbranched alkanes of at least 4 members (excludes halogenated alkanes) is 41. The van der Waals surface area contributed by atoms with Crippen molar-refractivity contribution in [2.45, 2.75) is 456 Å². The first kappa shape index (κ1) is 96.3. The number of carbonyl (C=O) groups excluding carboxylic acids is 6. The quantitative estimate of drug-likeness (QED) is 0.0143. The van der Waals surface area contributed by atoms with Crippen molar-refractivity contribution in [2.24, 2.45) is 0 Å². The molecule has 0 spiro atoms. The summed E-state index contributed by atoms with van der Waals surface area (Å²) in [6.45, 7) is 11.1. The number of nitrogens with one attached hydrogen (secondary N) is 2. The lowest BCUT2D eigenvalue weighted by Gasteiger charge is -2.45. The first-order valence-electron chi connectivity index (χ1n) is 41.6. The third kappa shape index (κ3) is 54.0. The predicted octanol–water partition coefficient (Wildman–Crippen LogP) is 18.9. The van der Waals surface area contributed by atoms with E-state index in [4.69, 9.17) is 32.9 Å². The highest BCUT2D eigenvalue weighted by Gasteiger charge is 2.52. The van der Waals surface area contributed by atoms with Crippen molar-refractivity contribution < 1.29 is 91.1 Å². The number of ether oxygens (including phenoxy) is 6. The van der Waals surface area contributed by atoms with Gasteiger partial charge in [-0.15, -0.1) is 0 Å². The van der Waals surface area contributed by atoms with Crippen LogP contribution in [0, 0.1) is 0 Å². The fourth-order valence-electron chi connectivity index (χ4n) is 13.3. The van der Waals surface area contributed by atoms with Crippen LogP contribution in [0.3, 0.4) is 0 Å². The average molecular weight is 1470 g/mol. The molecule has 1 aliphatic heterocycles. The number of phosphoric acid groups is 1. The van der Waals surface area contributed by atoms with Crippen LogP contribution in [-0.2, 0) is 71.1 Å². The number of hydrogen-bond donors (Lipinski definition) is 6. The molecule has 9 atom stereocenters. The number of aliphatic carboxylic acids is 1. The van der Waals surface area contributed by atoms with E-state index < -0.39 is 131 Å². The molecule has 0 bridgehead atoms. The zero-order valence-electron chi connectivity index (χ0n) is 65.1. The summed E-state index contributed by atoms with van der Waals surface area (Å²) in [6, 6.07) is -3.60. The van der Waals surface area contributed by atoms with Crippen molar-refractivity contribution in [2.75, 3.05) is 13.2 Å². The fourth-order valence-corrected chi connectivity index (χ4v) is 13.9. The SMILES string of the molecule is CCCCCCCCCCC[C@H](CC(=O)NC1C(OC(=O)C[C@@H](CCCCCCCCCC)OC(=O)CCCCCCCCC)[C@H](OP(=O)(O)O)C(CO)O[C@H]1OC[C@H](NC(=O)C[C@@H](CCCCCCCCCCC)OC(=O)CCCCCCCCC)C(=O)O)OC(=O)CCCCCCCCC. The van der Waals surface area contributed by atoms with Gasteiger partial charge >= 0.3 is 37.7 Å². The van der Waals surface area contributed by atoms with Crippen LogP contribution in [-0.4, -0.2) is 130 Å². The Morgan fingerprint density at radius 2 is 0.706 bits per heavy atom. The normalized spacial score (nSPS) is 17.3. The second-order valence-electron chi connectivity index (χ2n) is 29.2. The Morgan fingerprint density at radius 1 is 0.402 bits per heavy atom. The Balaban J connectivity index is 3.85. The van der Waals surface area contributed by atoms with E-state index in [-0.39, 0.29) is 32.1 Å². The molecule has 0 radical (unpaired) electrons. The summed E-state index contributed by atoms with van der Waals surface area (Å²) >= 11 is 0. The monoisotopic (exact) mass is 1470 g/mol. The van der Waals surface area contributed by atoms with Gasteiger partial charge in [-0.2, -0.15) is 0 Å². The lowest BCUT2D eigenvalue weighted by atomic mass is 9.95. The molecule has 1 aliphatic rings. The van der Waals surface area contributed by atoms with E-state index >= 15 is 0 Å². The van der Waals surface area contributed by atoms with Gasteiger partial charge in [0.05, 0.1) is 32.5 Å². The minimum Gasteiger partial charge on any atom is -0.480 e. The van der Waals surface area contributed by atoms with Crippen LogP contribution in [0.25, 0.3) is 0 Å². The topological polar surface area (TPSA) is 306 Å². The maximum atomic E-state index is 14.8. The zero-order chi connectivity index (χ0) is 75.1. The number of rotatable bonds is 72. The number of hydrogen-bond acceptors (Lipinski definition) is 16. The Morgan fingerprint density at radius 3 is 1.02 bits per heavy atom. The minimum absolute atomic E-state index is 0.124. The van der Waals surface area contributed by atoms with Gasteiger partial charge in [-0.3, -0.25) is 33.3 Å². The molecular weight excluding hydrogens is 1320 g/mol. The molecule has 1 fully saturated rings. The van der Waals surface area contributed by atoms with Crippen molar-refractivity contribution in [3.8, 4) is 0 Å². The Hall–Kier alpha value is -3.72. The molecule has 0 aromatic heterocycles. The van der Waals surface area contributed by atoms with Crippen LogP contribution in [0.2, 0.25) is 0 Å². The van der Waals surface area contributed by atoms with Crippen LogP contribution < -0.4 is 10.6 Å². The molecule has 3 unspecified atom stereocenters. The fraction of sp³-hybridized carbons (Fsp3) is 0.912. The maximum absolute atomic E-state index is 14.8. The van der Waals surface area contributed by atoms with Crippen LogP contribution in [0.5, 0.6) is 0 Å². The highest BCUT2D eigenvalue weighted by molar-refractivity contribution is 7.46. The minimum atomic E-state index is -5.56. The van der Waals surface area contributed by atoms with Gasteiger partial charge in [0, 0.05) is 19.3 Å². The van der Waals surface area contributed by atoms with Gasteiger partial charge in [-0.1, -0.05) is 305 Å². The van der Waals surface area contributed by atoms with Crippen LogP contribution in [0.4, 0.5) is 0 Å².